The molecule has 0 aliphatic carbocycles. The van der Waals surface area contributed by atoms with Crippen LogP contribution in [0.5, 0.6) is 0 Å². The summed E-state index contributed by atoms with van der Waals surface area (Å²) in [5, 5.41) is 13.2. The summed E-state index contributed by atoms with van der Waals surface area (Å²) in [5.41, 5.74) is -0.0272. The summed E-state index contributed by atoms with van der Waals surface area (Å²) >= 11 is 5.97. The first kappa shape index (κ1) is 26.6. The summed E-state index contributed by atoms with van der Waals surface area (Å²) in [5.74, 6) is -0.985. The molecule has 0 unspecified atom stereocenters. The minimum absolute atomic E-state index is 0.0413. The summed E-state index contributed by atoms with van der Waals surface area (Å²) in [4.78, 5) is 35.1. The SMILES string of the molecule is C[C@@H]1C[C@@H](C)CN(S(=O)(=O)c2ccc(C(=O)O[C@@H](C)C(=O)Nc3ccc([N+](=O)[O-])cc3Cl)cc2)C1. The molecule has 1 aliphatic rings. The fourth-order valence-corrected chi connectivity index (χ4v) is 5.85. The maximum absolute atomic E-state index is 13.0. The number of carbonyl (C=O) groups is 2. The van der Waals surface area contributed by atoms with Crippen molar-refractivity contribution in [1.29, 1.82) is 0 Å². The van der Waals surface area contributed by atoms with Crippen LogP contribution >= 0.6 is 11.6 Å². The Balaban J connectivity index is 1.63. The molecule has 35 heavy (non-hydrogen) atoms. The predicted molar refractivity (Wildman–Crippen MR) is 130 cm³/mol. The quantitative estimate of drug-likeness (QED) is 0.328. The van der Waals surface area contributed by atoms with E-state index >= 15 is 0 Å². The average Bonchev–Trinajstić information content (AvgIpc) is 2.79. The van der Waals surface area contributed by atoms with E-state index in [0.29, 0.717) is 13.1 Å². The molecule has 1 heterocycles. The van der Waals surface area contributed by atoms with Gasteiger partial charge < -0.3 is 10.1 Å². The molecule has 1 fully saturated rings. The number of sulfonamides is 1. The lowest BCUT2D eigenvalue weighted by molar-refractivity contribution is -0.384. The Hall–Kier alpha value is -3.02. The largest absolute Gasteiger partial charge is 0.449 e. The topological polar surface area (TPSA) is 136 Å². The molecule has 0 radical (unpaired) electrons. The van der Waals surface area contributed by atoms with Crippen LogP contribution in [0, 0.1) is 22.0 Å². The molecule has 1 N–H and O–H groups in total. The van der Waals surface area contributed by atoms with Crippen LogP contribution in [0.3, 0.4) is 0 Å². The van der Waals surface area contributed by atoms with Gasteiger partial charge in [-0.1, -0.05) is 25.4 Å². The van der Waals surface area contributed by atoms with E-state index in [1.54, 1.807) is 0 Å². The standard InChI is InChI=1S/C23H26ClN3O7S/c1-14-10-15(2)13-26(12-14)35(32,33)19-7-4-17(5-8-19)23(29)34-16(3)22(28)25-21-9-6-18(27(30)31)11-20(21)24/h4-9,11,14-16H,10,12-13H2,1-3H3,(H,25,28)/t14-,15-,16+/m1/s1. The van der Waals surface area contributed by atoms with Crippen molar-refractivity contribution in [2.24, 2.45) is 11.8 Å². The van der Waals surface area contributed by atoms with Gasteiger partial charge in [-0.15, -0.1) is 0 Å². The van der Waals surface area contributed by atoms with E-state index in [1.807, 2.05) is 13.8 Å². The van der Waals surface area contributed by atoms with Crippen molar-refractivity contribution in [1.82, 2.24) is 4.31 Å². The molecule has 3 atom stereocenters. The van der Waals surface area contributed by atoms with E-state index < -0.39 is 32.9 Å². The second-order valence-corrected chi connectivity index (χ2v) is 11.1. The zero-order chi connectivity index (χ0) is 25.9. The Morgan fingerprint density at radius 2 is 1.74 bits per heavy atom. The van der Waals surface area contributed by atoms with Crippen LogP contribution < -0.4 is 5.32 Å². The third-order valence-corrected chi connectivity index (χ3v) is 7.80. The molecule has 188 valence electrons. The molecule has 0 spiro atoms. The van der Waals surface area contributed by atoms with Gasteiger partial charge in [-0.25, -0.2) is 13.2 Å². The Bertz CT molecular complexity index is 1220. The number of nitro benzene ring substituents is 1. The highest BCUT2D eigenvalue weighted by molar-refractivity contribution is 7.89. The molecule has 2 aromatic carbocycles. The summed E-state index contributed by atoms with van der Waals surface area (Å²) in [7, 11) is -3.69. The van der Waals surface area contributed by atoms with Crippen molar-refractivity contribution in [3.05, 3.63) is 63.2 Å². The molecule has 0 saturated carbocycles. The number of benzene rings is 2. The summed E-state index contributed by atoms with van der Waals surface area (Å²) in [6, 6.07) is 8.91. The number of amides is 1. The fraction of sp³-hybridized carbons (Fsp3) is 0.391. The highest BCUT2D eigenvalue weighted by atomic mass is 35.5. The number of halogens is 1. The lowest BCUT2D eigenvalue weighted by Crippen LogP contribution is -2.42. The Morgan fingerprint density at radius 1 is 1.14 bits per heavy atom. The first-order valence-electron chi connectivity index (χ1n) is 10.9. The van der Waals surface area contributed by atoms with Gasteiger partial charge in [-0.2, -0.15) is 4.31 Å². The lowest BCUT2D eigenvalue weighted by Gasteiger charge is -2.34. The average molecular weight is 524 g/mol. The first-order chi connectivity index (χ1) is 16.4. The van der Waals surface area contributed by atoms with E-state index in [0.717, 1.165) is 12.5 Å². The number of nitro groups is 1. The molecular formula is C23H26ClN3O7S. The van der Waals surface area contributed by atoms with Crippen LogP contribution in [0.2, 0.25) is 5.02 Å². The van der Waals surface area contributed by atoms with Crippen LogP contribution in [-0.4, -0.2) is 48.7 Å². The molecule has 10 nitrogen and oxygen atoms in total. The van der Waals surface area contributed by atoms with Crippen LogP contribution in [0.4, 0.5) is 11.4 Å². The number of nitrogens with one attached hydrogen (secondary N) is 1. The van der Waals surface area contributed by atoms with Crippen molar-refractivity contribution in [2.45, 2.75) is 38.2 Å². The van der Waals surface area contributed by atoms with Gasteiger partial charge in [0.1, 0.15) is 0 Å². The smallest absolute Gasteiger partial charge is 0.338 e. The zero-order valence-corrected chi connectivity index (χ0v) is 21.0. The fourth-order valence-electron chi connectivity index (χ4n) is 3.95. The molecule has 1 amide bonds. The zero-order valence-electron chi connectivity index (χ0n) is 19.4. The number of non-ortho nitro benzene ring substituents is 1. The monoisotopic (exact) mass is 523 g/mol. The molecular weight excluding hydrogens is 498 g/mol. The second kappa shape index (κ2) is 10.7. The Morgan fingerprint density at radius 3 is 2.29 bits per heavy atom. The van der Waals surface area contributed by atoms with Crippen molar-refractivity contribution >= 4 is 44.9 Å². The van der Waals surface area contributed by atoms with Crippen molar-refractivity contribution in [2.75, 3.05) is 18.4 Å². The lowest BCUT2D eigenvalue weighted by atomic mass is 9.94. The summed E-state index contributed by atoms with van der Waals surface area (Å²) in [6.45, 7) is 6.28. The van der Waals surface area contributed by atoms with E-state index in [9.17, 15) is 28.1 Å². The molecule has 2 aromatic rings. The maximum atomic E-state index is 13.0. The first-order valence-corrected chi connectivity index (χ1v) is 12.8. The second-order valence-electron chi connectivity index (χ2n) is 8.75. The van der Waals surface area contributed by atoms with E-state index in [1.165, 1.54) is 47.6 Å². The van der Waals surface area contributed by atoms with Gasteiger partial charge in [0.2, 0.25) is 10.0 Å². The van der Waals surface area contributed by atoms with Crippen molar-refractivity contribution in [3.63, 3.8) is 0 Å². The number of piperidine rings is 1. The predicted octanol–water partition coefficient (Wildman–Crippen LogP) is 4.10. The molecule has 1 saturated heterocycles. The number of anilines is 1. The summed E-state index contributed by atoms with van der Waals surface area (Å²) < 4.78 is 32.6. The van der Waals surface area contributed by atoms with Crippen LogP contribution in [0.15, 0.2) is 47.4 Å². The van der Waals surface area contributed by atoms with Crippen molar-refractivity contribution in [3.8, 4) is 0 Å². The number of hydrogen-bond donors (Lipinski definition) is 1. The number of rotatable bonds is 7. The minimum Gasteiger partial charge on any atom is -0.449 e. The van der Waals surface area contributed by atoms with Crippen LogP contribution in [0.1, 0.15) is 37.6 Å². The number of ether oxygens (including phenoxy) is 1. The Labute approximate surface area is 208 Å². The van der Waals surface area contributed by atoms with Crippen LogP contribution in [-0.2, 0) is 19.6 Å². The van der Waals surface area contributed by atoms with E-state index in [-0.39, 0.29) is 38.7 Å². The molecule has 1 aliphatic heterocycles. The van der Waals surface area contributed by atoms with Gasteiger partial charge in [0.15, 0.2) is 6.10 Å². The Kier molecular flexibility index (Phi) is 8.14. The molecule has 0 aromatic heterocycles. The number of hydrogen-bond acceptors (Lipinski definition) is 7. The number of nitrogens with zero attached hydrogens (tertiary/aromatic N) is 2. The number of esters is 1. The van der Waals surface area contributed by atoms with E-state index in [2.05, 4.69) is 5.32 Å². The molecule has 12 heteroatoms. The van der Waals surface area contributed by atoms with Crippen molar-refractivity contribution < 1.29 is 27.7 Å². The van der Waals surface area contributed by atoms with Gasteiger partial charge in [0.25, 0.3) is 11.6 Å². The minimum atomic E-state index is -3.69. The summed E-state index contributed by atoms with van der Waals surface area (Å²) in [6.07, 6.45) is -0.243. The molecule has 3 rings (SSSR count). The normalized spacial score (nSPS) is 19.5. The van der Waals surface area contributed by atoms with Crippen LogP contribution in [0.25, 0.3) is 0 Å². The number of carbonyl (C=O) groups excluding carboxylic acids is 2. The van der Waals surface area contributed by atoms with Gasteiger partial charge in [-0.3, -0.25) is 14.9 Å². The highest BCUT2D eigenvalue weighted by Crippen LogP contribution is 2.28. The van der Waals surface area contributed by atoms with E-state index in [4.69, 9.17) is 16.3 Å². The van der Waals surface area contributed by atoms with Gasteiger partial charge in [0, 0.05) is 25.2 Å². The van der Waals surface area contributed by atoms with Gasteiger partial charge >= 0.3 is 5.97 Å². The third-order valence-electron chi connectivity index (χ3n) is 5.64. The highest BCUT2D eigenvalue weighted by Gasteiger charge is 2.32. The maximum Gasteiger partial charge on any atom is 0.338 e. The van der Waals surface area contributed by atoms with Gasteiger partial charge in [-0.05, 0) is 55.5 Å². The molecule has 0 bridgehead atoms. The third kappa shape index (κ3) is 6.36. The van der Waals surface area contributed by atoms with Gasteiger partial charge in [0.05, 0.1) is 26.1 Å².